The Hall–Kier alpha value is -3.58. The molecular weight excluding hydrogens is 600 g/mol. The smallest absolute Gasteiger partial charge is 0.336 e. The second-order valence-corrected chi connectivity index (χ2v) is 10.5. The minimum absolute atomic E-state index is 0.0159. The van der Waals surface area contributed by atoms with E-state index in [0.717, 1.165) is 13.2 Å². The van der Waals surface area contributed by atoms with Crippen LogP contribution in [-0.2, 0) is 38.3 Å². The molecule has 16 heteroatoms. The van der Waals surface area contributed by atoms with Crippen molar-refractivity contribution in [3.63, 3.8) is 0 Å². The molecule has 2 saturated carbocycles. The van der Waals surface area contributed by atoms with E-state index in [1.807, 2.05) is 0 Å². The lowest BCUT2D eigenvalue weighted by Gasteiger charge is -2.27. The van der Waals surface area contributed by atoms with Crippen molar-refractivity contribution in [2.75, 3.05) is 13.2 Å². The number of halogens is 4. The summed E-state index contributed by atoms with van der Waals surface area (Å²) in [7, 11) is 0. The van der Waals surface area contributed by atoms with Crippen molar-refractivity contribution in [2.24, 2.45) is 11.8 Å². The number of hydrogen-bond donors (Lipinski definition) is 2. The van der Waals surface area contributed by atoms with Gasteiger partial charge in [-0.2, -0.15) is 5.06 Å². The first-order chi connectivity index (χ1) is 21.0. The van der Waals surface area contributed by atoms with Gasteiger partial charge in [-0.05, 0) is 38.5 Å². The minimum atomic E-state index is -2.73. The lowest BCUT2D eigenvalue weighted by atomic mass is 9.87. The number of aliphatic carboxylic acids is 1. The van der Waals surface area contributed by atoms with Crippen LogP contribution in [0.1, 0.15) is 91.3 Å². The monoisotopic (exact) mass is 639 g/mol. The normalized spacial score (nSPS) is 22.9. The third-order valence-electron chi connectivity index (χ3n) is 7.16. The molecule has 0 aromatic heterocycles. The highest BCUT2D eigenvalue weighted by Gasteiger charge is 2.41. The lowest BCUT2D eigenvalue weighted by Crippen LogP contribution is -2.37. The van der Waals surface area contributed by atoms with Crippen LogP contribution in [0.5, 0.6) is 0 Å². The molecule has 0 aromatic carbocycles. The number of carboxylic acids is 1. The average Bonchev–Trinajstić information content (AvgIpc) is 3.72. The van der Waals surface area contributed by atoms with Gasteiger partial charge in [-0.25, -0.2) is 22.4 Å². The Labute approximate surface area is 253 Å². The van der Waals surface area contributed by atoms with E-state index in [2.05, 4.69) is 6.42 Å². The topological polar surface area (TPSA) is 168 Å². The number of alkyl halides is 4. The third-order valence-corrected chi connectivity index (χ3v) is 7.16. The summed E-state index contributed by atoms with van der Waals surface area (Å²) in [6, 6.07) is 0. The van der Waals surface area contributed by atoms with Gasteiger partial charge in [0.1, 0.15) is 1.37 Å². The van der Waals surface area contributed by atoms with Crippen LogP contribution in [-0.4, -0.2) is 81.1 Å². The van der Waals surface area contributed by atoms with Gasteiger partial charge in [-0.15, -0.1) is 17.9 Å². The van der Waals surface area contributed by atoms with Gasteiger partial charge in [0, 0.05) is 64.6 Å². The van der Waals surface area contributed by atoms with Crippen molar-refractivity contribution in [3.8, 4) is 12.8 Å². The molecule has 4 amide bonds. The first kappa shape index (κ1) is 36.6. The number of carboxylic acid groups (broad SMARTS) is 1. The molecule has 44 heavy (non-hydrogen) atoms. The van der Waals surface area contributed by atoms with E-state index in [1.54, 1.807) is 0 Å². The number of imide groups is 2. The van der Waals surface area contributed by atoms with Crippen LogP contribution in [0.2, 0.25) is 0 Å². The van der Waals surface area contributed by atoms with Crippen molar-refractivity contribution < 1.29 is 67.6 Å². The fraction of sp³-hybridized carbons (Fsp3) is 0.714. The zero-order valence-corrected chi connectivity index (χ0v) is 24.1. The van der Waals surface area contributed by atoms with E-state index in [9.17, 15) is 46.3 Å². The maximum absolute atomic E-state index is 12.9. The van der Waals surface area contributed by atoms with Crippen molar-refractivity contribution in [2.45, 2.75) is 102 Å². The quantitative estimate of drug-likeness (QED) is 0.200. The van der Waals surface area contributed by atoms with Gasteiger partial charge in [0.2, 0.25) is 11.8 Å². The Morgan fingerprint density at radius 3 is 1.45 bits per heavy atom. The Morgan fingerprint density at radius 2 is 1.16 bits per heavy atom. The fourth-order valence-corrected chi connectivity index (χ4v) is 4.46. The molecule has 0 atom stereocenters. The summed E-state index contributed by atoms with van der Waals surface area (Å²) in [6.07, 6.45) is 7.64. The summed E-state index contributed by atoms with van der Waals surface area (Å²) in [5.74, 6) is -10.4. The van der Waals surface area contributed by atoms with E-state index < -0.39 is 59.2 Å². The van der Waals surface area contributed by atoms with Crippen LogP contribution < -0.4 is 0 Å². The molecule has 0 bridgehead atoms. The Kier molecular flexibility index (Phi) is 15.2. The zero-order valence-electron chi connectivity index (χ0n) is 25.1. The third kappa shape index (κ3) is 13.4. The largest absolute Gasteiger partial charge is 0.481 e. The van der Waals surface area contributed by atoms with Gasteiger partial charge in [0.25, 0.3) is 23.6 Å². The number of hydroxylamine groups is 4. The first-order valence-electron chi connectivity index (χ1n) is 14.6. The minimum Gasteiger partial charge on any atom is -0.481 e. The van der Waals surface area contributed by atoms with Gasteiger partial charge in [-0.1, -0.05) is 0 Å². The number of rotatable bonds is 3. The Bertz CT molecular complexity index is 1040. The second-order valence-electron chi connectivity index (χ2n) is 10.5. The molecule has 0 radical (unpaired) electrons. The van der Waals surface area contributed by atoms with Gasteiger partial charge < -0.3 is 14.7 Å². The first-order valence-corrected chi connectivity index (χ1v) is 14.1. The van der Waals surface area contributed by atoms with Crippen LogP contribution in [0.3, 0.4) is 0 Å². The number of nitrogens with zero attached hydrogens (tertiary/aromatic N) is 2. The predicted octanol–water partition coefficient (Wildman–Crippen LogP) is 3.89. The zero-order chi connectivity index (χ0) is 34.2. The number of carbonyl (C=O) groups excluding carboxylic acids is 5. The Balaban J connectivity index is 0.000000319. The highest BCUT2D eigenvalue weighted by molar-refractivity contribution is 6.01. The second kappa shape index (κ2) is 18.3. The summed E-state index contributed by atoms with van der Waals surface area (Å²) >= 11 is 0. The molecule has 5 fully saturated rings. The molecule has 12 nitrogen and oxygen atoms in total. The fourth-order valence-electron chi connectivity index (χ4n) is 4.46. The SMILES string of the molecule is C1CCOC1.O=C(O)C1CCC(F)(F)CC1.O=C(ON1C(=O)CCC1=O)C1CCC(F)(F)CC1.O=C1CCC(=O)N1O.[2H]C#C. The van der Waals surface area contributed by atoms with E-state index in [1.165, 1.54) is 19.2 Å². The number of terminal acetylenes is 1. The molecule has 0 spiro atoms. The summed E-state index contributed by atoms with van der Waals surface area (Å²) in [6.45, 7) is 2.00. The van der Waals surface area contributed by atoms with Crippen molar-refractivity contribution in [1.29, 1.82) is 0 Å². The van der Waals surface area contributed by atoms with Crippen molar-refractivity contribution in [3.05, 3.63) is 0 Å². The number of carbonyl (C=O) groups is 6. The van der Waals surface area contributed by atoms with E-state index >= 15 is 0 Å². The van der Waals surface area contributed by atoms with Gasteiger partial charge in [-0.3, -0.25) is 29.2 Å². The van der Waals surface area contributed by atoms with E-state index in [4.69, 9.17) is 21.3 Å². The lowest BCUT2D eigenvalue weighted by molar-refractivity contribution is -0.202. The van der Waals surface area contributed by atoms with Gasteiger partial charge >= 0.3 is 11.9 Å². The van der Waals surface area contributed by atoms with Crippen molar-refractivity contribution >= 4 is 35.6 Å². The van der Waals surface area contributed by atoms with Crippen LogP contribution in [0, 0.1) is 24.7 Å². The molecular formula is C28H38F4N2O10. The van der Waals surface area contributed by atoms with Crippen molar-refractivity contribution in [1.82, 2.24) is 10.1 Å². The molecule has 3 heterocycles. The molecule has 0 unspecified atom stereocenters. The maximum atomic E-state index is 12.9. The maximum Gasteiger partial charge on any atom is 0.336 e. The highest BCUT2D eigenvalue weighted by Crippen LogP contribution is 2.37. The molecule has 2 N–H and O–H groups in total. The number of ether oxygens (including phenoxy) is 1. The van der Waals surface area contributed by atoms with Gasteiger partial charge in [0.15, 0.2) is 0 Å². The Morgan fingerprint density at radius 1 is 0.795 bits per heavy atom. The predicted molar refractivity (Wildman–Crippen MR) is 141 cm³/mol. The summed E-state index contributed by atoms with van der Waals surface area (Å²) in [5.41, 5.74) is 0. The van der Waals surface area contributed by atoms with Crippen LogP contribution in [0.25, 0.3) is 0 Å². The molecule has 3 aliphatic heterocycles. The molecule has 3 saturated heterocycles. The molecule has 2 aliphatic carbocycles. The average molecular weight is 640 g/mol. The molecule has 5 rings (SSSR count). The van der Waals surface area contributed by atoms with E-state index in [-0.39, 0.29) is 82.1 Å². The standard InChI is InChI=1S/C11H13F2NO4.C7H10F2O2.C4H5NO3.C4H8O.C2H2/c12-11(13)5-3-7(4-6-11)10(17)18-14-8(15)1-2-9(14)16;8-7(9)3-1-5(2-4-7)6(10)11;6-3-1-2-4(7)5(3)8;1-2-4-5-3-1;1-2/h7H,1-6H2;5H,1-4H2,(H,10,11);8H,1-2H2;1-4H2;1-2H/i;;;;1D. The van der Waals surface area contributed by atoms with Crippen LogP contribution in [0.4, 0.5) is 17.6 Å². The van der Waals surface area contributed by atoms with Gasteiger partial charge in [0.05, 0.1) is 11.8 Å². The van der Waals surface area contributed by atoms with Crippen LogP contribution >= 0.6 is 0 Å². The van der Waals surface area contributed by atoms with Crippen LogP contribution in [0.15, 0.2) is 0 Å². The summed E-state index contributed by atoms with van der Waals surface area (Å²) in [5, 5.41) is 17.5. The number of amides is 4. The molecule has 5 aliphatic rings. The summed E-state index contributed by atoms with van der Waals surface area (Å²) < 4.78 is 61.4. The number of hydrogen-bond acceptors (Lipinski definition) is 9. The summed E-state index contributed by atoms with van der Waals surface area (Å²) in [4.78, 5) is 69.6. The van der Waals surface area contributed by atoms with E-state index in [0.29, 0.717) is 5.06 Å². The molecule has 248 valence electrons. The molecule has 0 aromatic rings. The highest BCUT2D eigenvalue weighted by atomic mass is 19.3.